The van der Waals surface area contributed by atoms with Crippen molar-refractivity contribution < 1.29 is 23.1 Å². The zero-order valence-corrected chi connectivity index (χ0v) is 11.9. The number of hydrogen-bond donors (Lipinski definition) is 2. The molecule has 1 aliphatic carbocycles. The van der Waals surface area contributed by atoms with E-state index in [1.54, 1.807) is 0 Å². The second kappa shape index (κ2) is 5.80. The van der Waals surface area contributed by atoms with Crippen molar-refractivity contribution in [3.05, 3.63) is 24.3 Å². The van der Waals surface area contributed by atoms with E-state index in [0.717, 1.165) is 6.42 Å². The van der Waals surface area contributed by atoms with Gasteiger partial charge in [0.2, 0.25) is 10.0 Å². The molecule has 2 unspecified atom stereocenters. The zero-order valence-electron chi connectivity index (χ0n) is 11.1. The molecule has 0 heterocycles. The van der Waals surface area contributed by atoms with Gasteiger partial charge in [-0.1, -0.05) is 6.92 Å². The summed E-state index contributed by atoms with van der Waals surface area (Å²) in [5.41, 5.74) is 0. The highest BCUT2D eigenvalue weighted by Gasteiger charge is 2.36. The fourth-order valence-corrected chi connectivity index (χ4v) is 3.08. The summed E-state index contributed by atoms with van der Waals surface area (Å²) < 4.78 is 31.9. The van der Waals surface area contributed by atoms with Gasteiger partial charge in [0.05, 0.1) is 17.9 Å². The molecule has 1 aromatic carbocycles. The largest absolute Gasteiger partial charge is 0.493 e. The lowest BCUT2D eigenvalue weighted by molar-refractivity contribution is -0.137. The van der Waals surface area contributed by atoms with Crippen molar-refractivity contribution in [3.63, 3.8) is 0 Å². The molecule has 1 saturated carbocycles. The van der Waals surface area contributed by atoms with Gasteiger partial charge in [-0.15, -0.1) is 0 Å². The van der Waals surface area contributed by atoms with Crippen LogP contribution in [0.5, 0.6) is 5.75 Å². The molecular weight excluding hydrogens is 282 g/mol. The molecule has 110 valence electrons. The molecule has 1 aromatic rings. The van der Waals surface area contributed by atoms with Gasteiger partial charge in [-0.25, -0.2) is 13.1 Å². The average molecular weight is 299 g/mol. The molecule has 0 amide bonds. The average Bonchev–Trinajstić information content (AvgIpc) is 3.04. The Balaban J connectivity index is 1.95. The lowest BCUT2D eigenvalue weighted by Crippen LogP contribution is -2.26. The molecule has 7 heteroatoms. The minimum Gasteiger partial charge on any atom is -0.493 e. The summed E-state index contributed by atoms with van der Waals surface area (Å²) in [5, 5.41) is 8.49. The number of nitrogens with one attached hydrogen (secondary N) is 1. The van der Waals surface area contributed by atoms with Crippen LogP contribution >= 0.6 is 0 Å². The summed E-state index contributed by atoms with van der Waals surface area (Å²) in [6.45, 7) is 2.05. The van der Waals surface area contributed by atoms with E-state index in [-0.39, 0.29) is 24.0 Å². The third-order valence-electron chi connectivity index (χ3n) is 3.13. The Bertz CT molecular complexity index is 581. The standard InChI is InChI=1S/C13H17NO5S/c1-9-8-12(9)14-20(17,18)11-4-2-10(3-5-11)19-7-6-13(15)16/h2-5,9,12,14H,6-8H2,1H3,(H,15,16). The molecule has 2 rings (SSSR count). The van der Waals surface area contributed by atoms with E-state index < -0.39 is 16.0 Å². The Hall–Kier alpha value is -1.60. The zero-order chi connectivity index (χ0) is 14.8. The SMILES string of the molecule is CC1CC1NS(=O)(=O)c1ccc(OCCC(=O)O)cc1. The van der Waals surface area contributed by atoms with Crippen molar-refractivity contribution in [2.75, 3.05) is 6.61 Å². The minimum atomic E-state index is -3.48. The first kappa shape index (κ1) is 14.8. The first-order valence-corrected chi connectivity index (χ1v) is 7.84. The van der Waals surface area contributed by atoms with Gasteiger partial charge in [0, 0.05) is 6.04 Å². The molecule has 1 fully saturated rings. The van der Waals surface area contributed by atoms with Crippen molar-refractivity contribution in [1.29, 1.82) is 0 Å². The lowest BCUT2D eigenvalue weighted by Gasteiger charge is -2.08. The van der Waals surface area contributed by atoms with E-state index in [9.17, 15) is 13.2 Å². The highest BCUT2D eigenvalue weighted by atomic mass is 32.2. The summed E-state index contributed by atoms with van der Waals surface area (Å²) in [6, 6.07) is 5.97. The van der Waals surface area contributed by atoms with Crippen LogP contribution in [-0.4, -0.2) is 32.1 Å². The van der Waals surface area contributed by atoms with Crippen LogP contribution in [0.4, 0.5) is 0 Å². The smallest absolute Gasteiger partial charge is 0.306 e. The maximum absolute atomic E-state index is 12.0. The van der Waals surface area contributed by atoms with Gasteiger partial charge in [0.25, 0.3) is 0 Å². The second-order valence-corrected chi connectivity index (χ2v) is 6.62. The number of carbonyl (C=O) groups is 1. The van der Waals surface area contributed by atoms with E-state index in [2.05, 4.69) is 4.72 Å². The van der Waals surface area contributed by atoms with E-state index in [1.807, 2.05) is 6.92 Å². The highest BCUT2D eigenvalue weighted by Crippen LogP contribution is 2.30. The Morgan fingerprint density at radius 3 is 2.50 bits per heavy atom. The number of benzene rings is 1. The monoisotopic (exact) mass is 299 g/mol. The molecule has 20 heavy (non-hydrogen) atoms. The van der Waals surface area contributed by atoms with E-state index in [4.69, 9.17) is 9.84 Å². The van der Waals surface area contributed by atoms with Crippen LogP contribution < -0.4 is 9.46 Å². The normalized spacial score (nSPS) is 21.4. The first-order chi connectivity index (χ1) is 9.38. The number of rotatable bonds is 7. The summed E-state index contributed by atoms with van der Waals surface area (Å²) in [5.74, 6) is -0.0969. The number of sulfonamides is 1. The van der Waals surface area contributed by atoms with Crippen molar-refractivity contribution >= 4 is 16.0 Å². The number of ether oxygens (including phenoxy) is 1. The van der Waals surface area contributed by atoms with E-state index >= 15 is 0 Å². The van der Waals surface area contributed by atoms with Crippen LogP contribution in [0.1, 0.15) is 19.8 Å². The van der Waals surface area contributed by atoms with Gasteiger partial charge in [-0.05, 0) is 36.6 Å². The fraction of sp³-hybridized carbons (Fsp3) is 0.462. The van der Waals surface area contributed by atoms with Crippen LogP contribution in [0.15, 0.2) is 29.2 Å². The van der Waals surface area contributed by atoms with Crippen molar-refractivity contribution in [2.24, 2.45) is 5.92 Å². The first-order valence-electron chi connectivity index (χ1n) is 6.35. The molecule has 0 aliphatic heterocycles. The van der Waals surface area contributed by atoms with Crippen LogP contribution in [-0.2, 0) is 14.8 Å². The molecule has 0 aromatic heterocycles. The van der Waals surface area contributed by atoms with Gasteiger partial charge in [0.15, 0.2) is 0 Å². The van der Waals surface area contributed by atoms with Crippen molar-refractivity contribution in [3.8, 4) is 5.75 Å². The molecule has 1 aliphatic rings. The summed E-state index contributed by atoms with van der Waals surface area (Å²) in [4.78, 5) is 10.5. The predicted molar refractivity (Wildman–Crippen MR) is 72.1 cm³/mol. The molecular formula is C13H17NO5S. The van der Waals surface area contributed by atoms with E-state index in [0.29, 0.717) is 11.7 Å². The maximum Gasteiger partial charge on any atom is 0.306 e. The van der Waals surface area contributed by atoms with Gasteiger partial charge in [-0.2, -0.15) is 0 Å². The molecule has 2 atom stereocenters. The number of carboxylic acids is 1. The predicted octanol–water partition coefficient (Wildman–Crippen LogP) is 1.23. The highest BCUT2D eigenvalue weighted by molar-refractivity contribution is 7.89. The quantitative estimate of drug-likeness (QED) is 0.790. The third kappa shape index (κ3) is 3.94. The van der Waals surface area contributed by atoms with Crippen LogP contribution in [0.3, 0.4) is 0 Å². The molecule has 6 nitrogen and oxygen atoms in total. The Labute approximate surface area is 117 Å². The van der Waals surface area contributed by atoms with Crippen molar-refractivity contribution in [2.45, 2.75) is 30.7 Å². The second-order valence-electron chi connectivity index (χ2n) is 4.90. The topological polar surface area (TPSA) is 92.7 Å². The van der Waals surface area contributed by atoms with Crippen LogP contribution in [0, 0.1) is 5.92 Å². The van der Waals surface area contributed by atoms with Crippen LogP contribution in [0.2, 0.25) is 0 Å². The number of aliphatic carboxylic acids is 1. The minimum absolute atomic E-state index is 0.0338. The number of carboxylic acid groups (broad SMARTS) is 1. The Kier molecular flexibility index (Phi) is 4.29. The molecule has 2 N–H and O–H groups in total. The molecule has 0 bridgehead atoms. The lowest BCUT2D eigenvalue weighted by atomic mass is 10.3. The maximum atomic E-state index is 12.0. The van der Waals surface area contributed by atoms with Gasteiger partial charge >= 0.3 is 5.97 Å². The van der Waals surface area contributed by atoms with Crippen LogP contribution in [0.25, 0.3) is 0 Å². The molecule has 0 spiro atoms. The Morgan fingerprint density at radius 2 is 2.00 bits per heavy atom. The number of hydrogen-bond acceptors (Lipinski definition) is 4. The van der Waals surface area contributed by atoms with E-state index in [1.165, 1.54) is 24.3 Å². The molecule has 0 saturated heterocycles. The molecule has 0 radical (unpaired) electrons. The summed E-state index contributed by atoms with van der Waals surface area (Å²) in [7, 11) is -3.48. The Morgan fingerprint density at radius 1 is 1.40 bits per heavy atom. The fourth-order valence-electron chi connectivity index (χ4n) is 1.72. The third-order valence-corrected chi connectivity index (χ3v) is 4.64. The summed E-state index contributed by atoms with van der Waals surface area (Å²) in [6.07, 6.45) is 0.775. The van der Waals surface area contributed by atoms with Gasteiger partial charge in [-0.3, -0.25) is 4.79 Å². The van der Waals surface area contributed by atoms with Gasteiger partial charge in [0.1, 0.15) is 5.75 Å². The summed E-state index contributed by atoms with van der Waals surface area (Å²) >= 11 is 0. The van der Waals surface area contributed by atoms with Crippen molar-refractivity contribution in [1.82, 2.24) is 4.72 Å². The van der Waals surface area contributed by atoms with Gasteiger partial charge < -0.3 is 9.84 Å².